The fourth-order valence-corrected chi connectivity index (χ4v) is 7.50. The predicted octanol–water partition coefficient (Wildman–Crippen LogP) is 6.22. The van der Waals surface area contributed by atoms with Gasteiger partial charge in [-0.15, -0.1) is 22.7 Å². The van der Waals surface area contributed by atoms with E-state index in [4.69, 9.17) is 4.74 Å². The molecule has 162 valence electrons. The lowest BCUT2D eigenvalue weighted by atomic mass is 9.96. The molecule has 4 rings (SSSR count). The molecule has 30 heavy (non-hydrogen) atoms. The number of hydrogen-bond acceptors (Lipinski definition) is 5. The first-order valence-corrected chi connectivity index (χ1v) is 12.9. The third kappa shape index (κ3) is 4.60. The van der Waals surface area contributed by atoms with Gasteiger partial charge in [0.2, 0.25) is 0 Å². The molecule has 0 fully saturated rings. The molecule has 0 spiro atoms. The van der Waals surface area contributed by atoms with Crippen molar-refractivity contribution in [3.63, 3.8) is 0 Å². The average Bonchev–Trinajstić information content (AvgIpc) is 3.30. The van der Waals surface area contributed by atoms with Crippen LogP contribution in [-0.4, -0.2) is 17.6 Å². The van der Waals surface area contributed by atoms with Crippen molar-refractivity contribution in [1.82, 2.24) is 5.32 Å². The largest absolute Gasteiger partial charge is 0.456 e. The summed E-state index contributed by atoms with van der Waals surface area (Å²) >= 11 is 6.96. The third-order valence-electron chi connectivity index (χ3n) is 5.41. The molecule has 0 saturated carbocycles. The van der Waals surface area contributed by atoms with Crippen LogP contribution in [0, 0.1) is 0 Å². The maximum absolute atomic E-state index is 12.8. The van der Waals surface area contributed by atoms with Crippen LogP contribution < -0.4 is 10.6 Å². The van der Waals surface area contributed by atoms with Gasteiger partial charge in [-0.05, 0) is 98.3 Å². The highest BCUT2D eigenvalue weighted by atomic mass is 79.9. The van der Waals surface area contributed by atoms with Gasteiger partial charge in [-0.25, -0.2) is 9.59 Å². The van der Waals surface area contributed by atoms with Crippen LogP contribution in [0.15, 0.2) is 3.79 Å². The number of hydrogen-bond donors (Lipinski definition) is 2. The van der Waals surface area contributed by atoms with Gasteiger partial charge in [-0.3, -0.25) is 5.32 Å². The number of ether oxygens (including phenoxy) is 1. The third-order valence-corrected chi connectivity index (χ3v) is 8.70. The summed E-state index contributed by atoms with van der Waals surface area (Å²) in [6.45, 7) is 6.05. The van der Waals surface area contributed by atoms with Crippen molar-refractivity contribution < 1.29 is 14.3 Å². The minimum atomic E-state index is -0.575. The molecule has 0 aliphatic heterocycles. The molecule has 0 atom stereocenters. The van der Waals surface area contributed by atoms with Gasteiger partial charge in [0.1, 0.15) is 10.6 Å². The molecule has 2 amide bonds. The topological polar surface area (TPSA) is 67.4 Å². The van der Waals surface area contributed by atoms with E-state index in [-0.39, 0.29) is 12.0 Å². The number of fused-ring (bicyclic) bond motifs is 2. The summed E-state index contributed by atoms with van der Waals surface area (Å²) in [5.74, 6) is -0.355. The Kier molecular flexibility index (Phi) is 6.28. The van der Waals surface area contributed by atoms with E-state index >= 15 is 0 Å². The van der Waals surface area contributed by atoms with Gasteiger partial charge >= 0.3 is 12.0 Å². The highest BCUT2D eigenvalue weighted by molar-refractivity contribution is 9.11. The first-order chi connectivity index (χ1) is 14.2. The molecule has 2 aromatic rings. The number of urea groups is 1. The number of amides is 2. The molecule has 2 aliphatic carbocycles. The zero-order valence-electron chi connectivity index (χ0n) is 17.6. The number of anilines is 1. The molecule has 2 N–H and O–H groups in total. The van der Waals surface area contributed by atoms with Crippen molar-refractivity contribution >= 4 is 55.6 Å². The highest BCUT2D eigenvalue weighted by Crippen LogP contribution is 2.40. The lowest BCUT2D eigenvalue weighted by Gasteiger charge is -2.20. The number of carbonyl (C=O) groups is 2. The van der Waals surface area contributed by atoms with Crippen LogP contribution in [0.2, 0.25) is 0 Å². The van der Waals surface area contributed by atoms with E-state index in [1.165, 1.54) is 45.1 Å². The van der Waals surface area contributed by atoms with Crippen molar-refractivity contribution in [2.45, 2.75) is 77.9 Å². The second-order valence-electron chi connectivity index (χ2n) is 8.83. The Labute approximate surface area is 193 Å². The van der Waals surface area contributed by atoms with Gasteiger partial charge in [-0.1, -0.05) is 0 Å². The number of carbonyl (C=O) groups excluding carboxylic acids is 2. The normalized spacial score (nSPS) is 15.5. The van der Waals surface area contributed by atoms with Crippen LogP contribution in [0.5, 0.6) is 0 Å². The Balaban J connectivity index is 1.48. The zero-order valence-corrected chi connectivity index (χ0v) is 20.8. The quantitative estimate of drug-likeness (QED) is 0.479. The molecule has 2 aliphatic rings. The van der Waals surface area contributed by atoms with E-state index in [0.29, 0.717) is 17.1 Å². The van der Waals surface area contributed by atoms with Crippen LogP contribution in [0.25, 0.3) is 0 Å². The maximum atomic E-state index is 12.8. The second kappa shape index (κ2) is 8.63. The Morgan fingerprint density at radius 3 is 2.43 bits per heavy atom. The van der Waals surface area contributed by atoms with Crippen molar-refractivity contribution in [1.29, 1.82) is 0 Å². The standard InChI is InChI=1S/C22H27BrN2O3S2/c1-22(2,3)28-20(26)17-13-8-6-10-16(13)30-19(17)25-21(27)24-11-14-12-7-4-5-9-15(12)29-18(14)23/h4-11H2,1-3H3,(H2,24,25,27). The van der Waals surface area contributed by atoms with Crippen LogP contribution in [0.1, 0.15) is 76.8 Å². The Bertz CT molecular complexity index is 988. The van der Waals surface area contributed by atoms with Crippen molar-refractivity contribution in [3.05, 3.63) is 35.8 Å². The molecule has 0 aromatic carbocycles. The fourth-order valence-electron chi connectivity index (χ4n) is 4.13. The second-order valence-corrected chi connectivity index (χ2v) is 12.4. The maximum Gasteiger partial charge on any atom is 0.341 e. The molecule has 2 heterocycles. The van der Waals surface area contributed by atoms with Gasteiger partial charge in [0.25, 0.3) is 0 Å². The number of rotatable bonds is 4. The lowest BCUT2D eigenvalue weighted by molar-refractivity contribution is 0.00702. The predicted molar refractivity (Wildman–Crippen MR) is 126 cm³/mol. The minimum Gasteiger partial charge on any atom is -0.456 e. The van der Waals surface area contributed by atoms with Gasteiger partial charge in [0, 0.05) is 16.3 Å². The monoisotopic (exact) mass is 510 g/mol. The van der Waals surface area contributed by atoms with E-state index in [1.807, 2.05) is 20.8 Å². The lowest BCUT2D eigenvalue weighted by Crippen LogP contribution is -2.30. The number of thiophene rings is 2. The summed E-state index contributed by atoms with van der Waals surface area (Å²) < 4.78 is 6.73. The summed E-state index contributed by atoms with van der Waals surface area (Å²) in [6, 6.07) is -0.289. The average molecular weight is 512 g/mol. The summed E-state index contributed by atoms with van der Waals surface area (Å²) in [5.41, 5.74) is 3.58. The smallest absolute Gasteiger partial charge is 0.341 e. The SMILES string of the molecule is CC(C)(C)OC(=O)c1c(NC(=O)NCc2c(Br)sc3c2CCCC3)sc2c1CCC2. The number of esters is 1. The van der Waals surface area contributed by atoms with Crippen molar-refractivity contribution in [2.24, 2.45) is 0 Å². The van der Waals surface area contributed by atoms with E-state index in [0.717, 1.165) is 41.5 Å². The molecule has 5 nitrogen and oxygen atoms in total. The Morgan fingerprint density at radius 2 is 1.67 bits per heavy atom. The summed E-state index contributed by atoms with van der Waals surface area (Å²) in [6.07, 6.45) is 7.51. The van der Waals surface area contributed by atoms with Crippen LogP contribution in [0.4, 0.5) is 9.80 Å². The van der Waals surface area contributed by atoms with Crippen molar-refractivity contribution in [2.75, 3.05) is 5.32 Å². The molecule has 8 heteroatoms. The van der Waals surface area contributed by atoms with Gasteiger partial charge in [0.05, 0.1) is 9.35 Å². The fraction of sp³-hybridized carbons (Fsp3) is 0.545. The van der Waals surface area contributed by atoms with E-state index in [2.05, 4.69) is 26.6 Å². The van der Waals surface area contributed by atoms with Crippen LogP contribution in [0.3, 0.4) is 0 Å². The molecule has 2 aromatic heterocycles. The Hall–Kier alpha value is -1.38. The van der Waals surface area contributed by atoms with Gasteiger partial charge in [0.15, 0.2) is 0 Å². The van der Waals surface area contributed by atoms with Crippen molar-refractivity contribution in [3.8, 4) is 0 Å². The number of halogens is 1. The van der Waals surface area contributed by atoms with E-state index in [9.17, 15) is 9.59 Å². The van der Waals surface area contributed by atoms with Crippen LogP contribution >= 0.6 is 38.6 Å². The molecule has 0 radical (unpaired) electrons. The number of nitrogens with one attached hydrogen (secondary N) is 2. The molecule has 0 bridgehead atoms. The molecular formula is C22H27BrN2O3S2. The zero-order chi connectivity index (χ0) is 21.5. The first kappa shape index (κ1) is 21.8. The number of aryl methyl sites for hydroxylation is 2. The van der Waals surface area contributed by atoms with E-state index in [1.54, 1.807) is 11.3 Å². The summed E-state index contributed by atoms with van der Waals surface area (Å²) in [4.78, 5) is 28.2. The Morgan fingerprint density at radius 1 is 1.00 bits per heavy atom. The van der Waals surface area contributed by atoms with E-state index < -0.39 is 5.60 Å². The molecule has 0 unspecified atom stereocenters. The van der Waals surface area contributed by atoms with Crippen LogP contribution in [-0.2, 0) is 37.0 Å². The highest BCUT2D eigenvalue weighted by Gasteiger charge is 2.30. The van der Waals surface area contributed by atoms with Gasteiger partial charge < -0.3 is 10.1 Å². The first-order valence-electron chi connectivity index (χ1n) is 10.4. The molecule has 0 saturated heterocycles. The summed E-state index contributed by atoms with van der Waals surface area (Å²) in [5, 5.41) is 6.50. The van der Waals surface area contributed by atoms with Gasteiger partial charge in [-0.2, -0.15) is 0 Å². The molecular weight excluding hydrogens is 484 g/mol. The minimum absolute atomic E-state index is 0.289. The summed E-state index contributed by atoms with van der Waals surface area (Å²) in [7, 11) is 0.